The van der Waals surface area contributed by atoms with Crippen molar-refractivity contribution < 1.29 is 0 Å². The Labute approximate surface area is 384 Å². The number of thiophene rings is 1. The van der Waals surface area contributed by atoms with Crippen molar-refractivity contribution in [2.75, 3.05) is 0 Å². The summed E-state index contributed by atoms with van der Waals surface area (Å²) in [6.45, 7) is 0. The molecule has 304 valence electrons. The van der Waals surface area contributed by atoms with Crippen molar-refractivity contribution in [2.24, 2.45) is 0 Å². The molecule has 1 heteroatoms. The van der Waals surface area contributed by atoms with Gasteiger partial charge < -0.3 is 0 Å². The fraction of sp³-hybridized carbons (Fsp3) is 0.0312. The first-order chi connectivity index (χ1) is 32.2. The second-order valence-electron chi connectivity index (χ2n) is 17.5. The Morgan fingerprint density at radius 1 is 0.385 bits per heavy atom. The molecule has 2 aliphatic rings. The van der Waals surface area contributed by atoms with Crippen molar-refractivity contribution >= 4 is 43.2 Å². The minimum absolute atomic E-state index is 0.330. The van der Waals surface area contributed by atoms with E-state index in [1.54, 1.807) is 0 Å². The summed E-state index contributed by atoms with van der Waals surface area (Å²) in [6.07, 6.45) is 3.20. The van der Waals surface area contributed by atoms with E-state index in [-0.39, 0.29) is 5.41 Å². The SMILES string of the molecule is C(=C(\Cc1ccc(-c2ccccc2)cc1)c1ccc(-c2ccccc2)cc1)/c1ccc(-c2ccc3c(c2)sc2c4c(ccc23)C2(c3ccccc3-c3ccccc32)c2ccccc2-4)cc1. The van der Waals surface area contributed by atoms with Crippen LogP contribution < -0.4 is 0 Å². The molecule has 0 saturated heterocycles. The first-order valence-electron chi connectivity index (χ1n) is 22.6. The average molecular weight is 843 g/mol. The largest absolute Gasteiger partial charge is 0.134 e. The summed E-state index contributed by atoms with van der Waals surface area (Å²) in [6, 6.07) is 87.7. The molecule has 0 saturated carbocycles. The lowest BCUT2D eigenvalue weighted by Crippen LogP contribution is -2.25. The van der Waals surface area contributed by atoms with Gasteiger partial charge in [0.15, 0.2) is 0 Å². The van der Waals surface area contributed by atoms with Crippen LogP contribution in [-0.4, -0.2) is 0 Å². The third kappa shape index (κ3) is 6.04. The summed E-state index contributed by atoms with van der Waals surface area (Å²) < 4.78 is 2.69. The second kappa shape index (κ2) is 15.2. The van der Waals surface area contributed by atoms with Gasteiger partial charge in [0.2, 0.25) is 0 Å². The molecule has 0 aliphatic heterocycles. The van der Waals surface area contributed by atoms with E-state index < -0.39 is 0 Å². The molecule has 0 atom stereocenters. The van der Waals surface area contributed by atoms with Crippen molar-refractivity contribution in [3.63, 3.8) is 0 Å². The van der Waals surface area contributed by atoms with Crippen LogP contribution in [0.2, 0.25) is 0 Å². The first kappa shape index (κ1) is 37.7. The molecule has 0 unspecified atom stereocenters. The van der Waals surface area contributed by atoms with Crippen LogP contribution in [0.1, 0.15) is 38.9 Å². The van der Waals surface area contributed by atoms with Crippen molar-refractivity contribution in [1.82, 2.24) is 0 Å². The van der Waals surface area contributed by atoms with Crippen LogP contribution in [0.5, 0.6) is 0 Å². The van der Waals surface area contributed by atoms with Gasteiger partial charge in [0, 0.05) is 25.7 Å². The lowest BCUT2D eigenvalue weighted by Gasteiger charge is -2.30. The minimum Gasteiger partial charge on any atom is -0.134 e. The fourth-order valence-electron chi connectivity index (χ4n) is 11.0. The molecular formula is C64H42S. The van der Waals surface area contributed by atoms with Gasteiger partial charge in [0.05, 0.1) is 5.41 Å². The number of fused-ring (bicyclic) bond motifs is 14. The van der Waals surface area contributed by atoms with E-state index in [2.05, 4.69) is 243 Å². The summed E-state index contributed by atoms with van der Waals surface area (Å²) in [4.78, 5) is 0. The summed E-state index contributed by atoms with van der Waals surface area (Å²) in [5, 5.41) is 2.66. The number of rotatable bonds is 7. The molecule has 0 radical (unpaired) electrons. The van der Waals surface area contributed by atoms with E-state index in [1.165, 1.54) is 120 Å². The molecule has 2 aliphatic carbocycles. The molecule has 0 bridgehead atoms. The van der Waals surface area contributed by atoms with Gasteiger partial charge in [-0.25, -0.2) is 0 Å². The van der Waals surface area contributed by atoms with Gasteiger partial charge in [-0.3, -0.25) is 0 Å². The molecule has 11 aromatic rings. The topological polar surface area (TPSA) is 0 Å². The molecule has 0 nitrogen and oxygen atoms in total. The van der Waals surface area contributed by atoms with Crippen LogP contribution >= 0.6 is 11.3 Å². The Bertz CT molecular complexity index is 3580. The van der Waals surface area contributed by atoms with E-state index >= 15 is 0 Å². The maximum Gasteiger partial charge on any atom is 0.0726 e. The minimum atomic E-state index is -0.330. The van der Waals surface area contributed by atoms with Crippen LogP contribution in [0.4, 0.5) is 0 Å². The Morgan fingerprint density at radius 3 is 1.49 bits per heavy atom. The number of hydrogen-bond acceptors (Lipinski definition) is 1. The third-order valence-corrected chi connectivity index (χ3v) is 15.2. The van der Waals surface area contributed by atoms with Gasteiger partial charge >= 0.3 is 0 Å². The van der Waals surface area contributed by atoms with Crippen molar-refractivity contribution in [1.29, 1.82) is 0 Å². The lowest BCUT2D eigenvalue weighted by molar-refractivity contribution is 0.794. The standard InChI is InChI=1S/C64H42S/c1-3-13-44(14-4-1)46-27-23-42(24-28-46)39-51(49-33-31-47(32-34-49)45-15-5-2-6-16-45)40-43-25-29-48(30-26-43)50-35-36-54-55-37-38-60-62(63(55)65-61(54)41-50)56-19-9-12-22-59(56)64(60)57-20-10-7-17-52(57)53-18-8-11-21-58(53)64/h1-38,40-41H,39H2/b51-40-. The highest BCUT2D eigenvalue weighted by Gasteiger charge is 2.52. The van der Waals surface area contributed by atoms with Gasteiger partial charge in [-0.2, -0.15) is 0 Å². The number of allylic oxidation sites excluding steroid dienone is 1. The van der Waals surface area contributed by atoms with Crippen molar-refractivity contribution in [3.8, 4) is 55.6 Å². The lowest BCUT2D eigenvalue weighted by atomic mass is 9.70. The Kier molecular flexibility index (Phi) is 8.79. The highest BCUT2D eigenvalue weighted by molar-refractivity contribution is 7.26. The van der Waals surface area contributed by atoms with Crippen LogP contribution in [0.15, 0.2) is 237 Å². The molecule has 65 heavy (non-hydrogen) atoms. The van der Waals surface area contributed by atoms with E-state index in [0.717, 1.165) is 6.42 Å². The highest BCUT2D eigenvalue weighted by atomic mass is 32.1. The van der Waals surface area contributed by atoms with Crippen molar-refractivity contribution in [2.45, 2.75) is 11.8 Å². The Balaban J connectivity index is 0.862. The predicted octanol–water partition coefficient (Wildman–Crippen LogP) is 17.2. The number of hydrogen-bond donors (Lipinski definition) is 0. The molecule has 1 spiro atoms. The zero-order chi connectivity index (χ0) is 42.9. The van der Waals surface area contributed by atoms with Crippen molar-refractivity contribution in [3.05, 3.63) is 276 Å². The zero-order valence-corrected chi connectivity index (χ0v) is 36.5. The molecular weight excluding hydrogens is 801 g/mol. The van der Waals surface area contributed by atoms with Gasteiger partial charge in [0.25, 0.3) is 0 Å². The molecule has 0 N–H and O–H groups in total. The monoisotopic (exact) mass is 842 g/mol. The van der Waals surface area contributed by atoms with Gasteiger partial charge in [-0.15, -0.1) is 11.3 Å². The van der Waals surface area contributed by atoms with E-state index in [9.17, 15) is 0 Å². The van der Waals surface area contributed by atoms with Crippen LogP contribution in [-0.2, 0) is 11.8 Å². The molecule has 10 aromatic carbocycles. The van der Waals surface area contributed by atoms with E-state index in [4.69, 9.17) is 0 Å². The van der Waals surface area contributed by atoms with E-state index in [1.807, 2.05) is 11.3 Å². The fourth-order valence-corrected chi connectivity index (χ4v) is 12.3. The van der Waals surface area contributed by atoms with Crippen LogP contribution in [0.3, 0.4) is 0 Å². The molecule has 0 fully saturated rings. The highest BCUT2D eigenvalue weighted by Crippen LogP contribution is 2.64. The molecule has 1 heterocycles. The molecule has 13 rings (SSSR count). The second-order valence-corrected chi connectivity index (χ2v) is 18.6. The predicted molar refractivity (Wildman–Crippen MR) is 276 cm³/mol. The normalized spacial score (nSPS) is 13.2. The number of benzene rings is 10. The summed E-state index contributed by atoms with van der Waals surface area (Å²) >= 11 is 1.94. The smallest absolute Gasteiger partial charge is 0.0726 e. The average Bonchev–Trinajstić information content (AvgIpc) is 4.01. The molecule has 1 aromatic heterocycles. The summed E-state index contributed by atoms with van der Waals surface area (Å²) in [5.74, 6) is 0. The molecule has 0 amide bonds. The maximum atomic E-state index is 2.44. The van der Waals surface area contributed by atoms with Crippen LogP contribution in [0.25, 0.3) is 87.5 Å². The zero-order valence-electron chi connectivity index (χ0n) is 35.7. The van der Waals surface area contributed by atoms with Crippen LogP contribution in [0, 0.1) is 0 Å². The van der Waals surface area contributed by atoms with Gasteiger partial charge in [-0.05, 0) is 107 Å². The van der Waals surface area contributed by atoms with Gasteiger partial charge in [-0.1, -0.05) is 237 Å². The summed E-state index contributed by atoms with van der Waals surface area (Å²) in [5.41, 5.74) is 23.1. The Hall–Kier alpha value is -7.84. The van der Waals surface area contributed by atoms with Gasteiger partial charge in [0.1, 0.15) is 0 Å². The first-order valence-corrected chi connectivity index (χ1v) is 23.4. The Morgan fingerprint density at radius 2 is 0.862 bits per heavy atom. The summed E-state index contributed by atoms with van der Waals surface area (Å²) in [7, 11) is 0. The quantitative estimate of drug-likeness (QED) is 0.140. The van der Waals surface area contributed by atoms with E-state index in [0.29, 0.717) is 0 Å². The third-order valence-electron chi connectivity index (χ3n) is 14.0. The maximum absolute atomic E-state index is 2.44.